The van der Waals surface area contributed by atoms with Gasteiger partial charge in [0.15, 0.2) is 0 Å². The van der Waals surface area contributed by atoms with E-state index in [1.54, 1.807) is 83.1 Å². The minimum atomic E-state index is -1.04. The van der Waals surface area contributed by atoms with Crippen LogP contribution in [0.25, 0.3) is 0 Å². The maximum atomic E-state index is 12.7. The van der Waals surface area contributed by atoms with Crippen LogP contribution in [0.1, 0.15) is 50.5 Å². The van der Waals surface area contributed by atoms with Crippen LogP contribution < -0.4 is 15.8 Å². The fourth-order valence-corrected chi connectivity index (χ4v) is 2.91. The van der Waals surface area contributed by atoms with E-state index in [9.17, 15) is 14.4 Å². The summed E-state index contributed by atoms with van der Waals surface area (Å²) in [5, 5.41) is 2.81. The monoisotopic (exact) mass is 456 g/mol. The lowest BCUT2D eigenvalue weighted by molar-refractivity contribution is -0.161. The van der Waals surface area contributed by atoms with Crippen LogP contribution in [0, 0.1) is 0 Å². The van der Waals surface area contributed by atoms with Gasteiger partial charge in [-0.2, -0.15) is 0 Å². The van der Waals surface area contributed by atoms with Crippen LogP contribution in [0.3, 0.4) is 0 Å². The van der Waals surface area contributed by atoms with E-state index in [4.69, 9.17) is 19.9 Å². The van der Waals surface area contributed by atoms with Crippen molar-refractivity contribution in [2.24, 2.45) is 5.73 Å². The van der Waals surface area contributed by atoms with Crippen LogP contribution >= 0.6 is 0 Å². The van der Waals surface area contributed by atoms with E-state index in [1.165, 1.54) is 7.11 Å². The van der Waals surface area contributed by atoms with Gasteiger partial charge in [0.2, 0.25) is 0 Å². The molecule has 8 heteroatoms. The van der Waals surface area contributed by atoms with Crippen molar-refractivity contribution < 1.29 is 28.6 Å². The number of hydrogen-bond acceptors (Lipinski definition) is 7. The second-order valence-corrected chi connectivity index (χ2v) is 9.11. The first-order valence-electron chi connectivity index (χ1n) is 10.6. The van der Waals surface area contributed by atoms with Crippen molar-refractivity contribution in [2.45, 2.75) is 58.3 Å². The van der Waals surface area contributed by atoms with Gasteiger partial charge in [0.25, 0.3) is 5.91 Å². The van der Waals surface area contributed by atoms with Crippen LogP contribution in [0.5, 0.6) is 5.75 Å². The summed E-state index contributed by atoms with van der Waals surface area (Å²) in [7, 11) is 1.31. The Morgan fingerprint density at radius 1 is 0.970 bits per heavy atom. The van der Waals surface area contributed by atoms with Crippen LogP contribution in [-0.2, 0) is 25.5 Å². The van der Waals surface area contributed by atoms with Crippen molar-refractivity contribution in [2.75, 3.05) is 12.4 Å². The van der Waals surface area contributed by atoms with Gasteiger partial charge in [-0.1, -0.05) is 18.2 Å². The molecule has 0 saturated heterocycles. The van der Waals surface area contributed by atoms with Gasteiger partial charge in [-0.05, 0) is 70.5 Å². The summed E-state index contributed by atoms with van der Waals surface area (Å²) in [4.78, 5) is 36.6. The number of amides is 1. The molecule has 1 atom stereocenters. The van der Waals surface area contributed by atoms with Crippen molar-refractivity contribution in [3.05, 3.63) is 59.7 Å². The number of benzene rings is 2. The molecule has 0 bridgehead atoms. The van der Waals surface area contributed by atoms with Gasteiger partial charge < -0.3 is 25.3 Å². The quantitative estimate of drug-likeness (QED) is 0.584. The number of methoxy groups -OCH3 is 1. The highest BCUT2D eigenvalue weighted by Crippen LogP contribution is 2.24. The van der Waals surface area contributed by atoms with E-state index in [2.05, 4.69) is 5.32 Å². The second kappa shape index (κ2) is 10.5. The molecule has 0 spiro atoms. The summed E-state index contributed by atoms with van der Waals surface area (Å²) in [6.07, 6.45) is 0.0483. The van der Waals surface area contributed by atoms with Crippen molar-refractivity contribution in [3.8, 4) is 5.75 Å². The molecule has 0 saturated carbocycles. The number of esters is 2. The molecule has 0 aliphatic carbocycles. The number of carbonyl (C=O) groups excluding carboxylic acids is 3. The number of hydrogen-bond donors (Lipinski definition) is 2. The molecule has 0 radical (unpaired) electrons. The number of nitrogens with two attached hydrogens (primary N) is 1. The maximum absolute atomic E-state index is 12.7. The molecule has 0 aliphatic rings. The Morgan fingerprint density at radius 3 is 2.15 bits per heavy atom. The summed E-state index contributed by atoms with van der Waals surface area (Å²) in [5.74, 6) is -0.857. The molecular formula is C25H32N2O6. The minimum absolute atomic E-state index is 0.0483. The zero-order chi connectivity index (χ0) is 24.8. The van der Waals surface area contributed by atoms with Gasteiger partial charge in [-0.25, -0.2) is 0 Å². The van der Waals surface area contributed by atoms with E-state index in [0.717, 1.165) is 0 Å². The fraction of sp³-hybridized carbons (Fsp3) is 0.400. The molecule has 1 unspecified atom stereocenters. The molecule has 0 heterocycles. The molecule has 2 aromatic carbocycles. The van der Waals surface area contributed by atoms with E-state index in [-0.39, 0.29) is 12.3 Å². The SMILES string of the molecule is COC(=O)Cc1ccccc1NC(=O)c1ccc(OC(C)(C)C(N)C(=O)OC(C)(C)C)cc1. The number of nitrogens with one attached hydrogen (secondary N) is 1. The number of ether oxygens (including phenoxy) is 3. The van der Waals surface area contributed by atoms with E-state index < -0.39 is 29.2 Å². The standard InChI is InChI=1S/C25H32N2O6/c1-24(2,3)33-23(30)21(26)25(4,5)32-18-13-11-16(12-14-18)22(29)27-19-10-8-7-9-17(19)15-20(28)31-6/h7-14,21H,15,26H2,1-6H3,(H,27,29). The molecule has 178 valence electrons. The summed E-state index contributed by atoms with van der Waals surface area (Å²) in [6, 6.07) is 12.5. The van der Waals surface area contributed by atoms with Crippen LogP contribution in [0.4, 0.5) is 5.69 Å². The predicted molar refractivity (Wildman–Crippen MR) is 125 cm³/mol. The predicted octanol–water partition coefficient (Wildman–Crippen LogP) is 3.48. The average molecular weight is 457 g/mol. The third-order valence-corrected chi connectivity index (χ3v) is 4.74. The number of anilines is 1. The molecule has 8 nitrogen and oxygen atoms in total. The van der Waals surface area contributed by atoms with Gasteiger partial charge in [0.05, 0.1) is 13.5 Å². The van der Waals surface area contributed by atoms with Crippen molar-refractivity contribution in [1.82, 2.24) is 0 Å². The Balaban J connectivity index is 2.07. The van der Waals surface area contributed by atoms with Gasteiger partial charge in [-0.3, -0.25) is 14.4 Å². The lowest BCUT2D eigenvalue weighted by atomic mass is 9.99. The van der Waals surface area contributed by atoms with Crippen molar-refractivity contribution >= 4 is 23.5 Å². The molecule has 0 aromatic heterocycles. The zero-order valence-electron chi connectivity index (χ0n) is 19.9. The smallest absolute Gasteiger partial charge is 0.327 e. The lowest BCUT2D eigenvalue weighted by Gasteiger charge is -2.33. The van der Waals surface area contributed by atoms with E-state index in [0.29, 0.717) is 22.6 Å². The Labute approximate surface area is 194 Å². The first-order valence-corrected chi connectivity index (χ1v) is 10.6. The summed E-state index contributed by atoms with van der Waals surface area (Å²) in [6.45, 7) is 8.69. The molecule has 2 rings (SSSR count). The first kappa shape index (κ1) is 25.9. The number of rotatable bonds is 8. The highest BCUT2D eigenvalue weighted by Gasteiger charge is 2.37. The molecule has 33 heavy (non-hydrogen) atoms. The van der Waals surface area contributed by atoms with Crippen LogP contribution in [-0.4, -0.2) is 42.2 Å². The van der Waals surface area contributed by atoms with Gasteiger partial charge in [-0.15, -0.1) is 0 Å². The van der Waals surface area contributed by atoms with E-state index >= 15 is 0 Å². The van der Waals surface area contributed by atoms with Gasteiger partial charge in [0.1, 0.15) is 23.0 Å². The normalized spacial score (nSPS) is 12.5. The second-order valence-electron chi connectivity index (χ2n) is 9.11. The third kappa shape index (κ3) is 7.61. The van der Waals surface area contributed by atoms with Crippen LogP contribution in [0.15, 0.2) is 48.5 Å². The van der Waals surface area contributed by atoms with Gasteiger partial charge in [0, 0.05) is 11.3 Å². The van der Waals surface area contributed by atoms with E-state index in [1.807, 2.05) is 0 Å². The molecule has 2 aromatic rings. The number of para-hydroxylation sites is 1. The van der Waals surface area contributed by atoms with Crippen molar-refractivity contribution in [1.29, 1.82) is 0 Å². The summed E-state index contributed by atoms with van der Waals surface area (Å²) >= 11 is 0. The molecule has 1 amide bonds. The summed E-state index contributed by atoms with van der Waals surface area (Å²) in [5.41, 5.74) is 5.94. The topological polar surface area (TPSA) is 117 Å². The maximum Gasteiger partial charge on any atom is 0.327 e. The Morgan fingerprint density at radius 2 is 1.58 bits per heavy atom. The van der Waals surface area contributed by atoms with Gasteiger partial charge >= 0.3 is 11.9 Å². The number of carbonyl (C=O) groups is 3. The minimum Gasteiger partial charge on any atom is -0.486 e. The Bertz CT molecular complexity index is 993. The molecule has 3 N–H and O–H groups in total. The molecular weight excluding hydrogens is 424 g/mol. The average Bonchev–Trinajstić information content (AvgIpc) is 2.73. The largest absolute Gasteiger partial charge is 0.486 e. The molecule has 0 aliphatic heterocycles. The third-order valence-electron chi connectivity index (χ3n) is 4.74. The van der Waals surface area contributed by atoms with Crippen molar-refractivity contribution in [3.63, 3.8) is 0 Å². The Kier molecular flexibility index (Phi) is 8.22. The highest BCUT2D eigenvalue weighted by atomic mass is 16.6. The molecule has 0 fully saturated rings. The highest BCUT2D eigenvalue weighted by molar-refractivity contribution is 6.05. The lowest BCUT2D eigenvalue weighted by Crippen LogP contribution is -2.54. The summed E-state index contributed by atoms with van der Waals surface area (Å²) < 4.78 is 16.0. The first-order chi connectivity index (χ1) is 15.3. The Hall–Kier alpha value is -3.39. The zero-order valence-corrected chi connectivity index (χ0v) is 19.9. The fourth-order valence-electron chi connectivity index (χ4n) is 2.91. The van der Waals surface area contributed by atoms with Crippen LogP contribution in [0.2, 0.25) is 0 Å².